The van der Waals surface area contributed by atoms with Crippen molar-refractivity contribution in [3.63, 3.8) is 0 Å². The highest BCUT2D eigenvalue weighted by Gasteiger charge is 2.49. The van der Waals surface area contributed by atoms with Gasteiger partial charge in [0.25, 0.3) is 5.78 Å². The Kier molecular flexibility index (Phi) is 5.78. The second-order valence-corrected chi connectivity index (χ2v) is 8.77. The van der Waals surface area contributed by atoms with E-state index in [0.717, 1.165) is 28.4 Å². The lowest BCUT2D eigenvalue weighted by Gasteiger charge is -2.23. The van der Waals surface area contributed by atoms with E-state index in [1.807, 2.05) is 6.92 Å². The number of anilines is 1. The summed E-state index contributed by atoms with van der Waals surface area (Å²) < 4.78 is 34.6. The Morgan fingerprint density at radius 2 is 1.83 bits per heavy atom. The zero-order valence-electron chi connectivity index (χ0n) is 18.4. The van der Waals surface area contributed by atoms with Gasteiger partial charge in [0.2, 0.25) is 0 Å². The van der Waals surface area contributed by atoms with Crippen molar-refractivity contribution in [3.05, 3.63) is 95.1 Å². The zero-order chi connectivity index (χ0) is 24.7. The zero-order valence-corrected chi connectivity index (χ0v) is 19.2. The Bertz CT molecular complexity index is 1500. The molecule has 0 radical (unpaired) electrons. The number of aliphatic hydroxyl groups is 1. The van der Waals surface area contributed by atoms with E-state index in [1.54, 1.807) is 24.3 Å². The standard InChI is InChI=1S/C26H18F2N2O4S/c1-2-34-16-11-12-19-20(13-16)35-26(29-19)30-22(17-5-3-4-6-18(17)28)21(24(32)25(30)33)23(31)14-7-9-15(27)10-8-14/h3-13,22,31H,2H2,1H3/t22-/m0/s1. The Morgan fingerprint density at radius 1 is 1.09 bits per heavy atom. The Hall–Kier alpha value is -4.11. The molecule has 3 aromatic carbocycles. The maximum Gasteiger partial charge on any atom is 0.301 e. The van der Waals surface area contributed by atoms with Crippen molar-refractivity contribution < 1.29 is 28.2 Å². The van der Waals surface area contributed by atoms with Crippen molar-refractivity contribution in [2.45, 2.75) is 13.0 Å². The fourth-order valence-electron chi connectivity index (χ4n) is 4.04. The number of thiazole rings is 1. The van der Waals surface area contributed by atoms with Crippen LogP contribution in [0.5, 0.6) is 5.75 Å². The SMILES string of the molecule is CCOc1ccc2nc(N3C(=O)C(=O)C(=C(O)c4ccc(F)cc4)[C@@H]3c3ccccc3F)sc2c1. The molecule has 1 aliphatic heterocycles. The largest absolute Gasteiger partial charge is 0.507 e. The third-order valence-electron chi connectivity index (χ3n) is 5.63. The third-order valence-corrected chi connectivity index (χ3v) is 6.65. The topological polar surface area (TPSA) is 79.7 Å². The van der Waals surface area contributed by atoms with Crippen LogP contribution in [-0.2, 0) is 9.59 Å². The molecule has 1 aliphatic rings. The normalized spacial score (nSPS) is 17.3. The van der Waals surface area contributed by atoms with Crippen LogP contribution >= 0.6 is 11.3 Å². The summed E-state index contributed by atoms with van der Waals surface area (Å²) in [5.41, 5.74) is 0.406. The fourth-order valence-corrected chi connectivity index (χ4v) is 5.06. The number of aliphatic hydroxyl groups excluding tert-OH is 1. The summed E-state index contributed by atoms with van der Waals surface area (Å²) in [5, 5.41) is 11.2. The first-order valence-corrected chi connectivity index (χ1v) is 11.6. The van der Waals surface area contributed by atoms with Gasteiger partial charge in [-0.25, -0.2) is 13.8 Å². The highest BCUT2D eigenvalue weighted by Crippen LogP contribution is 2.45. The number of amides is 1. The minimum absolute atomic E-state index is 0.0182. The van der Waals surface area contributed by atoms with Gasteiger partial charge >= 0.3 is 5.91 Å². The summed E-state index contributed by atoms with van der Waals surface area (Å²) in [6.45, 7) is 2.33. The highest BCUT2D eigenvalue weighted by atomic mass is 32.1. The van der Waals surface area contributed by atoms with Crippen molar-refractivity contribution in [1.82, 2.24) is 4.98 Å². The van der Waals surface area contributed by atoms with E-state index in [4.69, 9.17) is 4.74 Å². The van der Waals surface area contributed by atoms with Gasteiger partial charge in [-0.15, -0.1) is 0 Å². The summed E-state index contributed by atoms with van der Waals surface area (Å²) in [6.07, 6.45) is 0. The van der Waals surface area contributed by atoms with Crippen molar-refractivity contribution in [1.29, 1.82) is 0 Å². The van der Waals surface area contributed by atoms with Gasteiger partial charge in [-0.3, -0.25) is 14.5 Å². The number of fused-ring (bicyclic) bond motifs is 1. The Morgan fingerprint density at radius 3 is 2.54 bits per heavy atom. The van der Waals surface area contributed by atoms with Crippen molar-refractivity contribution in [2.24, 2.45) is 0 Å². The lowest BCUT2D eigenvalue weighted by atomic mass is 9.95. The van der Waals surface area contributed by atoms with Gasteiger partial charge in [-0.05, 0) is 55.5 Å². The van der Waals surface area contributed by atoms with Gasteiger partial charge in [0.15, 0.2) is 5.13 Å². The Balaban J connectivity index is 1.71. The summed E-state index contributed by atoms with van der Waals surface area (Å²) in [7, 11) is 0. The third kappa shape index (κ3) is 3.93. The van der Waals surface area contributed by atoms with Gasteiger partial charge in [0, 0.05) is 11.1 Å². The molecule has 0 aliphatic carbocycles. The quantitative estimate of drug-likeness (QED) is 0.223. The molecule has 0 spiro atoms. The number of carbonyl (C=O) groups excluding carboxylic acids is 2. The van der Waals surface area contributed by atoms with Crippen molar-refractivity contribution in [2.75, 3.05) is 11.5 Å². The first-order valence-electron chi connectivity index (χ1n) is 10.7. The number of hydrogen-bond acceptors (Lipinski definition) is 6. The molecule has 35 heavy (non-hydrogen) atoms. The molecule has 1 aromatic heterocycles. The van der Waals surface area contributed by atoms with Crippen LogP contribution in [0.4, 0.5) is 13.9 Å². The van der Waals surface area contributed by atoms with Crippen LogP contribution in [0.15, 0.2) is 72.3 Å². The molecular weight excluding hydrogens is 474 g/mol. The van der Waals surface area contributed by atoms with Crippen LogP contribution in [-0.4, -0.2) is 28.4 Å². The second kappa shape index (κ2) is 8.92. The van der Waals surface area contributed by atoms with Crippen molar-refractivity contribution >= 4 is 44.1 Å². The number of ketones is 1. The molecule has 176 valence electrons. The van der Waals surface area contributed by atoms with Crippen molar-refractivity contribution in [3.8, 4) is 5.75 Å². The molecule has 4 aromatic rings. The van der Waals surface area contributed by atoms with Crippen LogP contribution in [0.1, 0.15) is 24.1 Å². The average molecular weight is 493 g/mol. The number of carbonyl (C=O) groups is 2. The fraction of sp³-hybridized carbons (Fsp3) is 0.115. The average Bonchev–Trinajstić information content (AvgIpc) is 3.37. The number of Topliss-reactive ketones (excluding diaryl/α,β-unsaturated/α-hetero) is 1. The molecule has 9 heteroatoms. The van der Waals surface area contributed by atoms with Crippen LogP contribution in [0.25, 0.3) is 16.0 Å². The number of rotatable bonds is 5. The van der Waals surface area contributed by atoms with Gasteiger partial charge in [0.05, 0.1) is 22.4 Å². The molecule has 2 heterocycles. The highest BCUT2D eigenvalue weighted by molar-refractivity contribution is 7.22. The first kappa shape index (κ1) is 22.7. The van der Waals surface area contributed by atoms with E-state index in [2.05, 4.69) is 4.98 Å². The molecule has 1 N–H and O–H groups in total. The van der Waals surface area contributed by atoms with E-state index in [0.29, 0.717) is 22.6 Å². The molecule has 1 fully saturated rings. The van der Waals surface area contributed by atoms with E-state index in [1.165, 1.54) is 30.3 Å². The number of benzene rings is 3. The lowest BCUT2D eigenvalue weighted by Crippen LogP contribution is -2.29. The smallest absolute Gasteiger partial charge is 0.301 e. The van der Waals surface area contributed by atoms with Crippen LogP contribution < -0.4 is 9.64 Å². The van der Waals surface area contributed by atoms with E-state index in [9.17, 15) is 23.5 Å². The van der Waals surface area contributed by atoms with Gasteiger partial charge in [0.1, 0.15) is 29.2 Å². The molecule has 1 saturated heterocycles. The molecule has 0 bridgehead atoms. The molecule has 1 atom stereocenters. The summed E-state index contributed by atoms with van der Waals surface area (Å²) in [4.78, 5) is 32.0. The predicted molar refractivity (Wildman–Crippen MR) is 128 cm³/mol. The van der Waals surface area contributed by atoms with E-state index >= 15 is 0 Å². The molecule has 6 nitrogen and oxygen atoms in total. The first-order chi connectivity index (χ1) is 16.9. The van der Waals surface area contributed by atoms with Gasteiger partial charge < -0.3 is 9.84 Å². The maximum atomic E-state index is 15.0. The second-order valence-electron chi connectivity index (χ2n) is 7.76. The lowest BCUT2D eigenvalue weighted by molar-refractivity contribution is -0.132. The van der Waals surface area contributed by atoms with E-state index in [-0.39, 0.29) is 21.8 Å². The molecular formula is C26H18F2N2O4S. The number of halogens is 2. The maximum absolute atomic E-state index is 15.0. The summed E-state index contributed by atoms with van der Waals surface area (Å²) in [5.74, 6) is -3.04. The van der Waals surface area contributed by atoms with Crippen LogP contribution in [0, 0.1) is 11.6 Å². The number of aromatic nitrogens is 1. The van der Waals surface area contributed by atoms with Gasteiger partial charge in [-0.2, -0.15) is 0 Å². The number of ether oxygens (including phenoxy) is 1. The number of hydrogen-bond donors (Lipinski definition) is 1. The molecule has 5 rings (SSSR count). The predicted octanol–water partition coefficient (Wildman–Crippen LogP) is 5.60. The molecule has 0 saturated carbocycles. The number of nitrogens with zero attached hydrogens (tertiary/aromatic N) is 2. The molecule has 0 unspecified atom stereocenters. The van der Waals surface area contributed by atoms with E-state index < -0.39 is 35.1 Å². The Labute approximate surface area is 202 Å². The summed E-state index contributed by atoms with van der Waals surface area (Å²) >= 11 is 1.14. The van der Waals surface area contributed by atoms with Crippen LogP contribution in [0.2, 0.25) is 0 Å². The monoisotopic (exact) mass is 492 g/mol. The summed E-state index contributed by atoms with van der Waals surface area (Å²) in [6, 6.07) is 14.5. The van der Waals surface area contributed by atoms with Crippen LogP contribution in [0.3, 0.4) is 0 Å². The minimum Gasteiger partial charge on any atom is -0.507 e. The van der Waals surface area contributed by atoms with Gasteiger partial charge in [-0.1, -0.05) is 29.5 Å². The minimum atomic E-state index is -1.27. The molecule has 1 amide bonds.